The molecule has 0 atom stereocenters. The fourth-order valence-corrected chi connectivity index (χ4v) is 2.33. The predicted molar refractivity (Wildman–Crippen MR) is 72.4 cm³/mol. The number of piperidine rings is 1. The van der Waals surface area contributed by atoms with Gasteiger partial charge < -0.3 is 15.4 Å². The summed E-state index contributed by atoms with van der Waals surface area (Å²) in [6.07, 6.45) is 4.15. The SMILES string of the molecule is COC1CCN(c2cccnc2C(N)=S)CC1. The summed E-state index contributed by atoms with van der Waals surface area (Å²) in [7, 11) is 1.77. The van der Waals surface area contributed by atoms with Crippen molar-refractivity contribution in [2.75, 3.05) is 25.1 Å². The summed E-state index contributed by atoms with van der Waals surface area (Å²) < 4.78 is 5.36. The summed E-state index contributed by atoms with van der Waals surface area (Å²) >= 11 is 5.03. The van der Waals surface area contributed by atoms with Gasteiger partial charge in [0.25, 0.3) is 0 Å². The maximum Gasteiger partial charge on any atom is 0.124 e. The van der Waals surface area contributed by atoms with E-state index in [4.69, 9.17) is 22.7 Å². The van der Waals surface area contributed by atoms with Crippen molar-refractivity contribution in [3.05, 3.63) is 24.0 Å². The van der Waals surface area contributed by atoms with Crippen LogP contribution >= 0.6 is 12.2 Å². The van der Waals surface area contributed by atoms with Crippen molar-refractivity contribution >= 4 is 22.9 Å². The standard InChI is InChI=1S/C12H17N3OS/c1-16-9-4-7-15(8-5-9)10-3-2-6-14-11(10)12(13)17/h2-3,6,9H,4-5,7-8H2,1H3,(H2,13,17). The van der Waals surface area contributed by atoms with Gasteiger partial charge in [-0.05, 0) is 25.0 Å². The second-order valence-corrected chi connectivity index (χ2v) is 4.60. The number of methoxy groups -OCH3 is 1. The molecule has 0 unspecified atom stereocenters. The molecule has 1 fully saturated rings. The number of hydrogen-bond acceptors (Lipinski definition) is 4. The molecular weight excluding hydrogens is 234 g/mol. The van der Waals surface area contributed by atoms with Crippen LogP contribution in [0.1, 0.15) is 18.5 Å². The number of aromatic nitrogens is 1. The van der Waals surface area contributed by atoms with Crippen molar-refractivity contribution in [2.24, 2.45) is 5.73 Å². The molecule has 0 aliphatic carbocycles. The van der Waals surface area contributed by atoms with E-state index in [2.05, 4.69) is 9.88 Å². The Kier molecular flexibility index (Phi) is 3.91. The summed E-state index contributed by atoms with van der Waals surface area (Å²) in [6.45, 7) is 1.92. The van der Waals surface area contributed by atoms with Crippen molar-refractivity contribution in [3.8, 4) is 0 Å². The highest BCUT2D eigenvalue weighted by molar-refractivity contribution is 7.80. The minimum Gasteiger partial charge on any atom is -0.388 e. The van der Waals surface area contributed by atoms with Gasteiger partial charge in [0.15, 0.2) is 0 Å². The topological polar surface area (TPSA) is 51.4 Å². The molecule has 1 aromatic rings. The Morgan fingerprint density at radius 1 is 1.53 bits per heavy atom. The van der Waals surface area contributed by atoms with Gasteiger partial charge in [-0.3, -0.25) is 4.98 Å². The van der Waals surface area contributed by atoms with E-state index in [1.165, 1.54) is 0 Å². The van der Waals surface area contributed by atoms with E-state index in [1.807, 2.05) is 12.1 Å². The molecule has 17 heavy (non-hydrogen) atoms. The number of ether oxygens (including phenoxy) is 1. The molecule has 2 heterocycles. The summed E-state index contributed by atoms with van der Waals surface area (Å²) in [6, 6.07) is 3.94. The zero-order chi connectivity index (χ0) is 12.3. The van der Waals surface area contributed by atoms with Crippen LogP contribution in [0.3, 0.4) is 0 Å². The maximum absolute atomic E-state index is 5.69. The van der Waals surface area contributed by atoms with E-state index in [9.17, 15) is 0 Å². The molecule has 4 nitrogen and oxygen atoms in total. The van der Waals surface area contributed by atoms with Crippen LogP contribution in [0.4, 0.5) is 5.69 Å². The monoisotopic (exact) mass is 251 g/mol. The molecule has 0 radical (unpaired) electrons. The van der Waals surface area contributed by atoms with E-state index >= 15 is 0 Å². The second-order valence-electron chi connectivity index (χ2n) is 4.16. The number of nitrogens with zero attached hydrogens (tertiary/aromatic N) is 2. The summed E-state index contributed by atoms with van der Waals surface area (Å²) in [5, 5.41) is 0. The van der Waals surface area contributed by atoms with Crippen LogP contribution in [-0.4, -0.2) is 36.3 Å². The number of pyridine rings is 1. The highest BCUT2D eigenvalue weighted by atomic mass is 32.1. The van der Waals surface area contributed by atoms with Gasteiger partial charge in [-0.25, -0.2) is 0 Å². The number of nitrogens with two attached hydrogens (primary N) is 1. The van der Waals surface area contributed by atoms with Crippen molar-refractivity contribution in [3.63, 3.8) is 0 Å². The van der Waals surface area contributed by atoms with Crippen LogP contribution in [0, 0.1) is 0 Å². The van der Waals surface area contributed by atoms with Gasteiger partial charge in [-0.2, -0.15) is 0 Å². The molecule has 0 spiro atoms. The van der Waals surface area contributed by atoms with E-state index in [1.54, 1.807) is 13.3 Å². The first-order valence-corrected chi connectivity index (χ1v) is 6.15. The van der Waals surface area contributed by atoms with Crippen LogP contribution in [-0.2, 0) is 4.74 Å². The normalized spacial score (nSPS) is 17.1. The highest BCUT2D eigenvalue weighted by Crippen LogP contribution is 2.23. The van der Waals surface area contributed by atoms with Crippen molar-refractivity contribution in [1.29, 1.82) is 0 Å². The third kappa shape index (κ3) is 2.73. The number of rotatable bonds is 3. The Morgan fingerprint density at radius 2 is 2.24 bits per heavy atom. The summed E-state index contributed by atoms with van der Waals surface area (Å²) in [5.41, 5.74) is 7.45. The zero-order valence-corrected chi connectivity index (χ0v) is 10.7. The number of anilines is 1. The molecule has 1 aliphatic heterocycles. The first-order valence-electron chi connectivity index (χ1n) is 5.75. The lowest BCUT2D eigenvalue weighted by molar-refractivity contribution is 0.0819. The van der Waals surface area contributed by atoms with Gasteiger partial charge in [-0.1, -0.05) is 12.2 Å². The molecule has 1 aromatic heterocycles. The molecule has 2 rings (SSSR count). The first-order chi connectivity index (χ1) is 8.22. The summed E-state index contributed by atoms with van der Waals surface area (Å²) in [4.78, 5) is 6.88. The van der Waals surface area contributed by atoms with Gasteiger partial charge in [-0.15, -0.1) is 0 Å². The molecular formula is C12H17N3OS. The molecule has 92 valence electrons. The molecule has 2 N–H and O–H groups in total. The van der Waals surface area contributed by atoms with Crippen LogP contribution in [0.25, 0.3) is 0 Å². The second kappa shape index (κ2) is 5.42. The molecule has 1 saturated heterocycles. The smallest absolute Gasteiger partial charge is 0.124 e. The average molecular weight is 251 g/mol. The van der Waals surface area contributed by atoms with E-state index in [-0.39, 0.29) is 0 Å². The third-order valence-corrected chi connectivity index (χ3v) is 3.33. The van der Waals surface area contributed by atoms with Gasteiger partial charge in [0, 0.05) is 26.4 Å². The Hall–Kier alpha value is -1.20. The quantitative estimate of drug-likeness (QED) is 0.821. The Balaban J connectivity index is 2.15. The van der Waals surface area contributed by atoms with E-state index in [0.717, 1.165) is 37.3 Å². The highest BCUT2D eigenvalue weighted by Gasteiger charge is 2.21. The van der Waals surface area contributed by atoms with E-state index < -0.39 is 0 Å². The lowest BCUT2D eigenvalue weighted by Gasteiger charge is -2.33. The lowest BCUT2D eigenvalue weighted by atomic mass is 10.1. The van der Waals surface area contributed by atoms with Gasteiger partial charge in [0.1, 0.15) is 10.7 Å². The number of thiocarbonyl (C=S) groups is 1. The van der Waals surface area contributed by atoms with E-state index in [0.29, 0.717) is 11.1 Å². The summed E-state index contributed by atoms with van der Waals surface area (Å²) in [5.74, 6) is 0. The fourth-order valence-electron chi connectivity index (χ4n) is 2.17. The van der Waals surface area contributed by atoms with Crippen LogP contribution in [0.5, 0.6) is 0 Å². The molecule has 0 bridgehead atoms. The fraction of sp³-hybridized carbons (Fsp3) is 0.500. The predicted octanol–water partition coefficient (Wildman–Crippen LogP) is 1.33. The number of hydrogen-bond donors (Lipinski definition) is 1. The van der Waals surface area contributed by atoms with Crippen LogP contribution in [0.15, 0.2) is 18.3 Å². The Morgan fingerprint density at radius 3 is 2.82 bits per heavy atom. The molecule has 0 amide bonds. The van der Waals surface area contributed by atoms with Crippen LogP contribution < -0.4 is 10.6 Å². The van der Waals surface area contributed by atoms with Crippen LogP contribution in [0.2, 0.25) is 0 Å². The Bertz CT molecular complexity index is 402. The Labute approximate surface area is 107 Å². The molecule has 0 aromatic carbocycles. The van der Waals surface area contributed by atoms with Crippen molar-refractivity contribution in [2.45, 2.75) is 18.9 Å². The minimum absolute atomic E-state index is 0.356. The zero-order valence-electron chi connectivity index (χ0n) is 9.93. The van der Waals surface area contributed by atoms with Gasteiger partial charge >= 0.3 is 0 Å². The largest absolute Gasteiger partial charge is 0.388 e. The minimum atomic E-state index is 0.356. The molecule has 5 heteroatoms. The lowest BCUT2D eigenvalue weighted by Crippen LogP contribution is -2.37. The molecule has 0 saturated carbocycles. The van der Waals surface area contributed by atoms with Crippen molar-refractivity contribution in [1.82, 2.24) is 4.98 Å². The van der Waals surface area contributed by atoms with Crippen molar-refractivity contribution < 1.29 is 4.74 Å². The molecule has 1 aliphatic rings. The first kappa shape index (κ1) is 12.3. The van der Waals surface area contributed by atoms with Gasteiger partial charge in [0.05, 0.1) is 11.8 Å². The third-order valence-electron chi connectivity index (χ3n) is 3.14. The van der Waals surface area contributed by atoms with Gasteiger partial charge in [0.2, 0.25) is 0 Å². The maximum atomic E-state index is 5.69. The average Bonchev–Trinajstić information content (AvgIpc) is 2.39.